The van der Waals surface area contributed by atoms with E-state index in [0.29, 0.717) is 5.39 Å². The molecule has 15 heavy (non-hydrogen) atoms. The molecule has 0 radical (unpaired) electrons. The molecule has 0 aliphatic heterocycles. The number of hydrogen-bond acceptors (Lipinski definition) is 2. The number of benzene rings is 1. The molecule has 0 saturated carbocycles. The fourth-order valence-electron chi connectivity index (χ4n) is 1.33. The molecule has 76 valence electrons. The van der Waals surface area contributed by atoms with E-state index in [1.54, 1.807) is 24.4 Å². The van der Waals surface area contributed by atoms with Crippen LogP contribution in [-0.2, 0) is 0 Å². The summed E-state index contributed by atoms with van der Waals surface area (Å²) in [7, 11) is 0. The maximum atomic E-state index is 13.8. The van der Waals surface area contributed by atoms with Gasteiger partial charge >= 0.3 is 0 Å². The molecular weight excluding hydrogens is 213 g/mol. The lowest BCUT2D eigenvalue weighted by molar-refractivity contribution is 0.639. The van der Waals surface area contributed by atoms with E-state index in [9.17, 15) is 4.39 Å². The van der Waals surface area contributed by atoms with Gasteiger partial charge in [0.2, 0.25) is 0 Å². The first-order valence-electron chi connectivity index (χ1n) is 4.28. The molecule has 0 aliphatic carbocycles. The zero-order valence-electron chi connectivity index (χ0n) is 7.70. The summed E-state index contributed by atoms with van der Waals surface area (Å²) in [4.78, 5) is 3.89. The third-order valence-corrected chi connectivity index (χ3v) is 2.08. The zero-order chi connectivity index (χ0) is 10.8. The van der Waals surface area contributed by atoms with E-state index in [-0.39, 0.29) is 10.9 Å². The minimum absolute atomic E-state index is 0.00307. The third kappa shape index (κ3) is 1.87. The van der Waals surface area contributed by atoms with Gasteiger partial charge in [-0.3, -0.25) is 0 Å². The Morgan fingerprint density at radius 3 is 2.87 bits per heavy atom. The van der Waals surface area contributed by atoms with E-state index in [1.807, 2.05) is 6.07 Å². The molecule has 1 heterocycles. The molecule has 0 amide bonds. The van der Waals surface area contributed by atoms with Crippen LogP contribution in [0.2, 0.25) is 0 Å². The number of aromatic nitrogens is 1. The summed E-state index contributed by atoms with van der Waals surface area (Å²) in [6.45, 7) is 0. The Morgan fingerprint density at radius 1 is 1.40 bits per heavy atom. The van der Waals surface area contributed by atoms with Crippen molar-refractivity contribution in [2.24, 2.45) is 5.73 Å². The highest BCUT2D eigenvalue weighted by molar-refractivity contribution is 7.80. The molecule has 5 heteroatoms. The molecular formula is C10H8FN3S. The highest BCUT2D eigenvalue weighted by Gasteiger charge is 2.08. The first-order chi connectivity index (χ1) is 7.18. The van der Waals surface area contributed by atoms with Gasteiger partial charge in [-0.05, 0) is 12.2 Å². The van der Waals surface area contributed by atoms with Gasteiger partial charge in [0, 0.05) is 17.0 Å². The fraction of sp³-hybridized carbons (Fsp3) is 0. The second kappa shape index (κ2) is 3.78. The Hall–Kier alpha value is -1.75. The molecule has 0 bridgehead atoms. The Labute approximate surface area is 91.1 Å². The number of halogens is 1. The Morgan fingerprint density at radius 2 is 2.13 bits per heavy atom. The van der Waals surface area contributed by atoms with Crippen molar-refractivity contribution in [2.45, 2.75) is 0 Å². The minimum Gasteiger partial charge on any atom is -0.376 e. The van der Waals surface area contributed by atoms with Crippen molar-refractivity contribution < 1.29 is 4.39 Å². The molecule has 0 aliphatic rings. The molecule has 2 rings (SSSR count). The molecule has 0 fully saturated rings. The molecule has 0 unspecified atom stereocenters. The summed E-state index contributed by atoms with van der Waals surface area (Å²) in [5.74, 6) is -0.387. The van der Waals surface area contributed by atoms with Crippen LogP contribution in [0.3, 0.4) is 0 Å². The van der Waals surface area contributed by atoms with Gasteiger partial charge in [-0.1, -0.05) is 24.3 Å². The second-order valence-corrected chi connectivity index (χ2v) is 3.44. The quantitative estimate of drug-likeness (QED) is 0.723. The predicted molar refractivity (Wildman–Crippen MR) is 62.1 cm³/mol. The van der Waals surface area contributed by atoms with Gasteiger partial charge in [0.25, 0.3) is 0 Å². The Bertz CT molecular complexity index is 527. The number of anilines is 1. The van der Waals surface area contributed by atoms with E-state index in [0.717, 1.165) is 5.39 Å². The van der Waals surface area contributed by atoms with Gasteiger partial charge < -0.3 is 11.1 Å². The first kappa shape index (κ1) is 9.79. The summed E-state index contributed by atoms with van der Waals surface area (Å²) in [5.41, 5.74) is 5.25. The van der Waals surface area contributed by atoms with Crippen LogP contribution >= 0.6 is 12.2 Å². The molecule has 0 atom stereocenters. The largest absolute Gasteiger partial charge is 0.376 e. The zero-order valence-corrected chi connectivity index (χ0v) is 8.51. The van der Waals surface area contributed by atoms with Crippen molar-refractivity contribution >= 4 is 33.9 Å². The van der Waals surface area contributed by atoms with Gasteiger partial charge in [0.1, 0.15) is 0 Å². The van der Waals surface area contributed by atoms with Gasteiger partial charge in [-0.15, -0.1) is 0 Å². The van der Waals surface area contributed by atoms with Crippen LogP contribution in [-0.4, -0.2) is 10.1 Å². The SMILES string of the molecule is NC(=S)Nc1ncc2ccccc2c1F. The highest BCUT2D eigenvalue weighted by Crippen LogP contribution is 2.21. The van der Waals surface area contributed by atoms with E-state index < -0.39 is 5.82 Å². The van der Waals surface area contributed by atoms with Crippen LogP contribution in [0.25, 0.3) is 10.8 Å². The van der Waals surface area contributed by atoms with E-state index >= 15 is 0 Å². The normalized spacial score (nSPS) is 10.2. The number of pyridine rings is 1. The summed E-state index contributed by atoms with van der Waals surface area (Å²) >= 11 is 4.62. The molecule has 3 N–H and O–H groups in total. The Balaban J connectivity index is 2.59. The van der Waals surface area contributed by atoms with Crippen LogP contribution < -0.4 is 11.1 Å². The molecule has 0 spiro atoms. The van der Waals surface area contributed by atoms with Crippen molar-refractivity contribution in [2.75, 3.05) is 5.32 Å². The predicted octanol–water partition coefficient (Wildman–Crippen LogP) is 2.03. The number of thiocarbonyl (C=S) groups is 1. The number of nitrogens with two attached hydrogens (primary N) is 1. The van der Waals surface area contributed by atoms with Gasteiger partial charge in [-0.25, -0.2) is 9.37 Å². The van der Waals surface area contributed by atoms with Crippen molar-refractivity contribution in [3.05, 3.63) is 36.3 Å². The number of nitrogens with zero attached hydrogens (tertiary/aromatic N) is 1. The lowest BCUT2D eigenvalue weighted by Gasteiger charge is -2.06. The van der Waals surface area contributed by atoms with E-state index in [4.69, 9.17) is 5.73 Å². The average Bonchev–Trinajstić information content (AvgIpc) is 2.22. The maximum absolute atomic E-state index is 13.8. The first-order valence-corrected chi connectivity index (χ1v) is 4.69. The smallest absolute Gasteiger partial charge is 0.173 e. The molecule has 2 aromatic rings. The summed E-state index contributed by atoms with van der Waals surface area (Å²) < 4.78 is 13.8. The number of nitrogens with one attached hydrogen (secondary N) is 1. The third-order valence-electron chi connectivity index (χ3n) is 1.98. The lowest BCUT2D eigenvalue weighted by Crippen LogP contribution is -2.20. The number of rotatable bonds is 1. The van der Waals surface area contributed by atoms with Crippen molar-refractivity contribution in [1.29, 1.82) is 0 Å². The molecule has 1 aromatic heterocycles. The van der Waals surface area contributed by atoms with Crippen LogP contribution in [0, 0.1) is 5.82 Å². The second-order valence-electron chi connectivity index (χ2n) is 3.00. The molecule has 1 aromatic carbocycles. The van der Waals surface area contributed by atoms with Crippen LogP contribution in [0.15, 0.2) is 30.5 Å². The Kier molecular flexibility index (Phi) is 2.47. The van der Waals surface area contributed by atoms with Gasteiger partial charge in [-0.2, -0.15) is 0 Å². The summed E-state index contributed by atoms with van der Waals surface area (Å²) in [6.07, 6.45) is 1.57. The average molecular weight is 221 g/mol. The highest BCUT2D eigenvalue weighted by atomic mass is 32.1. The van der Waals surface area contributed by atoms with Crippen molar-refractivity contribution in [3.63, 3.8) is 0 Å². The van der Waals surface area contributed by atoms with Crippen LogP contribution in [0.1, 0.15) is 0 Å². The standard InChI is InChI=1S/C10H8FN3S/c11-8-7-4-2-1-3-6(7)5-13-9(8)14-10(12)15/h1-5H,(H3,12,13,14,15). The number of hydrogen-bond donors (Lipinski definition) is 2. The van der Waals surface area contributed by atoms with Crippen LogP contribution in [0.4, 0.5) is 10.2 Å². The van der Waals surface area contributed by atoms with E-state index in [1.165, 1.54) is 0 Å². The fourth-order valence-corrected chi connectivity index (χ4v) is 1.43. The summed E-state index contributed by atoms with van der Waals surface area (Å²) in [5, 5.41) is 3.72. The number of fused-ring (bicyclic) bond motifs is 1. The van der Waals surface area contributed by atoms with Crippen molar-refractivity contribution in [3.8, 4) is 0 Å². The minimum atomic E-state index is -0.444. The topological polar surface area (TPSA) is 50.9 Å². The monoisotopic (exact) mass is 221 g/mol. The van der Waals surface area contributed by atoms with E-state index in [2.05, 4.69) is 22.5 Å². The lowest BCUT2D eigenvalue weighted by atomic mass is 10.2. The van der Waals surface area contributed by atoms with Gasteiger partial charge in [0.15, 0.2) is 16.7 Å². The maximum Gasteiger partial charge on any atom is 0.173 e. The molecule has 3 nitrogen and oxygen atoms in total. The molecule has 0 saturated heterocycles. The van der Waals surface area contributed by atoms with Crippen molar-refractivity contribution in [1.82, 2.24) is 4.98 Å². The van der Waals surface area contributed by atoms with Crippen LogP contribution in [0.5, 0.6) is 0 Å². The summed E-state index contributed by atoms with van der Waals surface area (Å²) in [6, 6.07) is 7.05. The van der Waals surface area contributed by atoms with Gasteiger partial charge in [0.05, 0.1) is 0 Å².